The predicted molar refractivity (Wildman–Crippen MR) is 89.3 cm³/mol. The van der Waals surface area contributed by atoms with Crippen LogP contribution in [0.3, 0.4) is 0 Å². The summed E-state index contributed by atoms with van der Waals surface area (Å²) in [5.74, 6) is 0. The summed E-state index contributed by atoms with van der Waals surface area (Å²) in [5.41, 5.74) is 0.526. The van der Waals surface area contributed by atoms with Gasteiger partial charge in [0.05, 0.1) is 0 Å². The minimum atomic E-state index is 0.209. The molecule has 1 unspecified atom stereocenters. The number of nitrogens with zero attached hydrogens (tertiary/aromatic N) is 2. The molecule has 120 valence electrons. The molecule has 1 aliphatic heterocycles. The molecule has 0 saturated carbocycles. The topological polar surface area (TPSA) is 18.5 Å². The van der Waals surface area contributed by atoms with Gasteiger partial charge in [0.2, 0.25) is 0 Å². The Labute approximate surface area is 127 Å². The van der Waals surface area contributed by atoms with Gasteiger partial charge in [-0.25, -0.2) is 0 Å². The van der Waals surface area contributed by atoms with Gasteiger partial charge in [0, 0.05) is 31.2 Å². The maximum absolute atomic E-state index is 3.64. The third-order valence-corrected chi connectivity index (χ3v) is 4.22. The van der Waals surface area contributed by atoms with Crippen LogP contribution in [0.2, 0.25) is 0 Å². The molecule has 3 nitrogen and oxygen atoms in total. The molecule has 1 atom stereocenters. The number of likely N-dealkylation sites (N-methyl/N-ethyl adjacent to an activating group) is 2. The molecular formula is C17H37N3. The van der Waals surface area contributed by atoms with Crippen molar-refractivity contribution in [3.05, 3.63) is 0 Å². The Morgan fingerprint density at radius 1 is 1.20 bits per heavy atom. The van der Waals surface area contributed by atoms with Crippen molar-refractivity contribution in [1.29, 1.82) is 0 Å². The standard InChI is InChI=1S/C17H37N3/c1-8-20-11-9-10-15(20)12-19(7)14-17(5,6)13-18-16(2,3)4/h15,18H,8-14H2,1-7H3. The Balaban J connectivity index is 2.38. The summed E-state index contributed by atoms with van der Waals surface area (Å²) in [4.78, 5) is 5.17. The SMILES string of the molecule is CCN1CCCC1CN(C)CC(C)(C)CNC(C)(C)C. The smallest absolute Gasteiger partial charge is 0.0223 e. The zero-order chi connectivity index (χ0) is 15.4. The van der Waals surface area contributed by atoms with Gasteiger partial charge in [-0.05, 0) is 59.2 Å². The van der Waals surface area contributed by atoms with Crippen molar-refractivity contribution in [1.82, 2.24) is 15.1 Å². The molecule has 1 heterocycles. The van der Waals surface area contributed by atoms with Crippen LogP contribution >= 0.6 is 0 Å². The molecule has 0 aromatic carbocycles. The van der Waals surface area contributed by atoms with Crippen molar-refractivity contribution in [2.24, 2.45) is 5.41 Å². The highest BCUT2D eigenvalue weighted by atomic mass is 15.2. The monoisotopic (exact) mass is 283 g/mol. The van der Waals surface area contributed by atoms with Crippen molar-refractivity contribution in [3.63, 3.8) is 0 Å². The Morgan fingerprint density at radius 3 is 2.40 bits per heavy atom. The van der Waals surface area contributed by atoms with Gasteiger partial charge < -0.3 is 10.2 Å². The lowest BCUT2D eigenvalue weighted by Gasteiger charge is -2.35. The summed E-state index contributed by atoms with van der Waals surface area (Å²) in [7, 11) is 2.28. The summed E-state index contributed by atoms with van der Waals surface area (Å²) < 4.78 is 0. The van der Waals surface area contributed by atoms with Crippen LogP contribution in [0.1, 0.15) is 54.4 Å². The molecule has 1 aliphatic rings. The van der Waals surface area contributed by atoms with Crippen LogP contribution in [0.25, 0.3) is 0 Å². The fourth-order valence-corrected chi connectivity index (χ4v) is 3.23. The fraction of sp³-hybridized carbons (Fsp3) is 1.00. The van der Waals surface area contributed by atoms with Gasteiger partial charge in [0.1, 0.15) is 0 Å². The largest absolute Gasteiger partial charge is 0.311 e. The minimum absolute atomic E-state index is 0.209. The van der Waals surface area contributed by atoms with E-state index in [1.807, 2.05) is 0 Å². The molecule has 1 saturated heterocycles. The molecule has 0 amide bonds. The van der Waals surface area contributed by atoms with Gasteiger partial charge in [-0.15, -0.1) is 0 Å². The summed E-state index contributed by atoms with van der Waals surface area (Å²) in [6.07, 6.45) is 2.75. The van der Waals surface area contributed by atoms with Crippen LogP contribution in [-0.4, -0.2) is 61.2 Å². The zero-order valence-electron chi connectivity index (χ0n) is 14.9. The first kappa shape index (κ1) is 17.9. The van der Waals surface area contributed by atoms with Crippen molar-refractivity contribution in [3.8, 4) is 0 Å². The lowest BCUT2D eigenvalue weighted by Crippen LogP contribution is -2.47. The molecule has 0 aromatic rings. The third-order valence-electron chi connectivity index (χ3n) is 4.22. The van der Waals surface area contributed by atoms with E-state index in [-0.39, 0.29) is 5.54 Å². The number of hydrogen-bond acceptors (Lipinski definition) is 3. The maximum Gasteiger partial charge on any atom is 0.0223 e. The maximum atomic E-state index is 3.64. The number of nitrogens with one attached hydrogen (secondary N) is 1. The lowest BCUT2D eigenvalue weighted by atomic mass is 9.91. The van der Waals surface area contributed by atoms with Gasteiger partial charge in [0.15, 0.2) is 0 Å². The second-order valence-electron chi connectivity index (χ2n) is 8.39. The summed E-state index contributed by atoms with van der Waals surface area (Å²) >= 11 is 0. The van der Waals surface area contributed by atoms with E-state index in [2.05, 4.69) is 63.7 Å². The minimum Gasteiger partial charge on any atom is -0.311 e. The first-order valence-electron chi connectivity index (χ1n) is 8.30. The van der Waals surface area contributed by atoms with Crippen molar-refractivity contribution in [2.75, 3.05) is 39.8 Å². The molecule has 20 heavy (non-hydrogen) atoms. The van der Waals surface area contributed by atoms with E-state index in [0.717, 1.165) is 19.1 Å². The molecule has 1 N–H and O–H groups in total. The second-order valence-corrected chi connectivity index (χ2v) is 8.39. The quantitative estimate of drug-likeness (QED) is 0.775. The average Bonchev–Trinajstić information content (AvgIpc) is 2.72. The van der Waals surface area contributed by atoms with E-state index in [1.165, 1.54) is 32.5 Å². The second kappa shape index (κ2) is 7.24. The van der Waals surface area contributed by atoms with E-state index < -0.39 is 0 Å². The summed E-state index contributed by atoms with van der Waals surface area (Å²) in [5, 5.41) is 3.64. The summed E-state index contributed by atoms with van der Waals surface area (Å²) in [6, 6.07) is 0.774. The lowest BCUT2D eigenvalue weighted by molar-refractivity contribution is 0.149. The van der Waals surface area contributed by atoms with Gasteiger partial charge in [0.25, 0.3) is 0 Å². The highest BCUT2D eigenvalue weighted by Gasteiger charge is 2.27. The van der Waals surface area contributed by atoms with Crippen molar-refractivity contribution in [2.45, 2.75) is 66.0 Å². The molecule has 1 fully saturated rings. The third kappa shape index (κ3) is 6.55. The highest BCUT2D eigenvalue weighted by Crippen LogP contribution is 2.20. The molecular weight excluding hydrogens is 246 g/mol. The molecule has 0 aromatic heterocycles. The van der Waals surface area contributed by atoms with E-state index >= 15 is 0 Å². The van der Waals surface area contributed by atoms with Gasteiger partial charge >= 0.3 is 0 Å². The molecule has 1 rings (SSSR count). The van der Waals surface area contributed by atoms with E-state index in [4.69, 9.17) is 0 Å². The normalized spacial score (nSPS) is 21.9. The molecule has 0 radical (unpaired) electrons. The number of rotatable bonds is 7. The van der Waals surface area contributed by atoms with Crippen LogP contribution in [0.4, 0.5) is 0 Å². The molecule has 3 heteroatoms. The van der Waals surface area contributed by atoms with Crippen molar-refractivity contribution >= 4 is 0 Å². The Kier molecular flexibility index (Phi) is 6.49. The van der Waals surface area contributed by atoms with Crippen LogP contribution < -0.4 is 5.32 Å². The fourth-order valence-electron chi connectivity index (χ4n) is 3.23. The Bertz CT molecular complexity index is 280. The first-order valence-corrected chi connectivity index (χ1v) is 8.30. The van der Waals surface area contributed by atoms with Crippen LogP contribution in [0.15, 0.2) is 0 Å². The van der Waals surface area contributed by atoms with Crippen LogP contribution in [0.5, 0.6) is 0 Å². The van der Waals surface area contributed by atoms with Crippen molar-refractivity contribution < 1.29 is 0 Å². The number of hydrogen-bond donors (Lipinski definition) is 1. The highest BCUT2D eigenvalue weighted by molar-refractivity contribution is 4.84. The zero-order valence-corrected chi connectivity index (χ0v) is 14.9. The Morgan fingerprint density at radius 2 is 1.85 bits per heavy atom. The number of likely N-dealkylation sites (tertiary alicyclic amines) is 1. The van der Waals surface area contributed by atoms with Crippen LogP contribution in [0, 0.1) is 5.41 Å². The summed E-state index contributed by atoms with van der Waals surface area (Å²) in [6.45, 7) is 19.7. The van der Waals surface area contributed by atoms with Gasteiger partial charge in [-0.1, -0.05) is 20.8 Å². The van der Waals surface area contributed by atoms with Gasteiger partial charge in [-0.2, -0.15) is 0 Å². The first-order chi connectivity index (χ1) is 9.13. The Hall–Kier alpha value is -0.120. The molecule has 0 spiro atoms. The predicted octanol–water partition coefficient (Wildman–Crippen LogP) is 2.82. The molecule has 0 aliphatic carbocycles. The van der Waals surface area contributed by atoms with Crippen LogP contribution in [-0.2, 0) is 0 Å². The van der Waals surface area contributed by atoms with E-state index in [9.17, 15) is 0 Å². The average molecular weight is 284 g/mol. The van der Waals surface area contributed by atoms with E-state index in [1.54, 1.807) is 0 Å². The van der Waals surface area contributed by atoms with E-state index in [0.29, 0.717) is 5.41 Å². The van der Waals surface area contributed by atoms with Gasteiger partial charge in [-0.3, -0.25) is 4.90 Å². The molecule has 0 bridgehead atoms.